The van der Waals surface area contributed by atoms with Crippen molar-refractivity contribution in [2.75, 3.05) is 43.4 Å². The van der Waals surface area contributed by atoms with Crippen LogP contribution in [0.15, 0.2) is 42.6 Å². The Morgan fingerprint density at radius 2 is 1.75 bits per heavy atom. The van der Waals surface area contributed by atoms with Crippen LogP contribution in [0.2, 0.25) is 0 Å². The number of thiazole rings is 1. The van der Waals surface area contributed by atoms with Gasteiger partial charge in [0, 0.05) is 31.7 Å². The monoisotopic (exact) mass is 461 g/mol. The lowest BCUT2D eigenvalue weighted by atomic mass is 10.1. The molecular formula is C22H22F3N5OS. The van der Waals surface area contributed by atoms with Crippen LogP contribution in [0, 0.1) is 6.92 Å². The zero-order valence-corrected chi connectivity index (χ0v) is 18.4. The first-order valence-corrected chi connectivity index (χ1v) is 10.9. The summed E-state index contributed by atoms with van der Waals surface area (Å²) >= 11 is 1.14. The second-order valence-electron chi connectivity index (χ2n) is 7.66. The number of benzene rings is 1. The summed E-state index contributed by atoms with van der Waals surface area (Å²) in [6, 6.07) is 8.45. The molecular weight excluding hydrogens is 439 g/mol. The number of hydrogen-bond donors (Lipinski definition) is 1. The fourth-order valence-corrected chi connectivity index (χ4v) is 4.37. The van der Waals surface area contributed by atoms with Crippen LogP contribution in [0.1, 0.15) is 20.9 Å². The van der Waals surface area contributed by atoms with Crippen molar-refractivity contribution in [2.45, 2.75) is 13.1 Å². The standard InChI is InChI=1S/C22H22F3N5OS/c1-14-19(32-21(27-14)15-3-5-16(6-4-15)22(23,24)25)20(31)28-17-7-8-18(26-13-17)30-11-9-29(2)10-12-30/h3-8,13H,9-12H2,1-2H3,(H,28,31). The first-order valence-electron chi connectivity index (χ1n) is 10.1. The van der Waals surface area contributed by atoms with E-state index in [2.05, 4.69) is 32.1 Å². The Morgan fingerprint density at radius 3 is 2.34 bits per heavy atom. The lowest BCUT2D eigenvalue weighted by Gasteiger charge is -2.33. The molecule has 0 radical (unpaired) electrons. The molecule has 1 N–H and O–H groups in total. The number of carbonyl (C=O) groups excluding carboxylic acids is 1. The molecule has 0 aliphatic carbocycles. The number of carbonyl (C=O) groups is 1. The smallest absolute Gasteiger partial charge is 0.354 e. The van der Waals surface area contributed by atoms with Crippen LogP contribution in [-0.4, -0.2) is 54.0 Å². The quantitative estimate of drug-likeness (QED) is 0.618. The van der Waals surface area contributed by atoms with Gasteiger partial charge in [-0.3, -0.25) is 4.79 Å². The van der Waals surface area contributed by atoms with Crippen LogP contribution >= 0.6 is 11.3 Å². The third-order valence-electron chi connectivity index (χ3n) is 5.30. The summed E-state index contributed by atoms with van der Waals surface area (Å²) in [4.78, 5) is 26.5. The first-order chi connectivity index (χ1) is 15.2. The van der Waals surface area contributed by atoms with Gasteiger partial charge in [0.1, 0.15) is 15.7 Å². The van der Waals surface area contributed by atoms with E-state index < -0.39 is 11.7 Å². The van der Waals surface area contributed by atoms with E-state index in [-0.39, 0.29) is 5.91 Å². The number of piperazine rings is 1. The Bertz CT molecular complexity index is 1090. The molecule has 0 spiro atoms. The summed E-state index contributed by atoms with van der Waals surface area (Å²) in [7, 11) is 2.09. The number of pyridine rings is 1. The van der Waals surface area contributed by atoms with Gasteiger partial charge < -0.3 is 15.1 Å². The minimum atomic E-state index is -4.39. The number of aryl methyl sites for hydroxylation is 1. The van der Waals surface area contributed by atoms with Crippen molar-refractivity contribution in [3.63, 3.8) is 0 Å². The molecule has 3 aromatic rings. The Morgan fingerprint density at radius 1 is 1.06 bits per heavy atom. The van der Waals surface area contributed by atoms with E-state index in [4.69, 9.17) is 0 Å². The molecule has 3 heterocycles. The molecule has 6 nitrogen and oxygen atoms in total. The number of amides is 1. The number of hydrogen-bond acceptors (Lipinski definition) is 6. The van der Waals surface area contributed by atoms with Crippen LogP contribution < -0.4 is 10.2 Å². The lowest BCUT2D eigenvalue weighted by Crippen LogP contribution is -2.44. The molecule has 10 heteroatoms. The van der Waals surface area contributed by atoms with Gasteiger partial charge in [-0.15, -0.1) is 11.3 Å². The molecule has 0 unspecified atom stereocenters. The Kier molecular flexibility index (Phi) is 6.16. The van der Waals surface area contributed by atoms with E-state index in [1.54, 1.807) is 13.1 Å². The first kappa shape index (κ1) is 22.2. The summed E-state index contributed by atoms with van der Waals surface area (Å²) in [5, 5.41) is 3.31. The molecule has 4 rings (SSSR count). The highest BCUT2D eigenvalue weighted by atomic mass is 32.1. The molecule has 1 amide bonds. The van der Waals surface area contributed by atoms with Gasteiger partial charge in [0.05, 0.1) is 23.1 Å². The maximum Gasteiger partial charge on any atom is 0.416 e. The molecule has 1 aliphatic rings. The summed E-state index contributed by atoms with van der Waals surface area (Å²) in [6.07, 6.45) is -2.77. The second kappa shape index (κ2) is 8.87. The van der Waals surface area contributed by atoms with Crippen molar-refractivity contribution >= 4 is 28.7 Å². The third-order valence-corrected chi connectivity index (χ3v) is 6.50. The summed E-state index contributed by atoms with van der Waals surface area (Å²) in [5.41, 5.74) is 0.893. The summed E-state index contributed by atoms with van der Waals surface area (Å²) in [6.45, 7) is 5.47. The topological polar surface area (TPSA) is 61.4 Å². The molecule has 0 saturated carbocycles. The number of likely N-dealkylation sites (N-methyl/N-ethyl adjacent to an activating group) is 1. The number of anilines is 2. The average molecular weight is 462 g/mol. The van der Waals surface area contributed by atoms with Crippen molar-refractivity contribution in [3.05, 3.63) is 58.7 Å². The van der Waals surface area contributed by atoms with E-state index in [9.17, 15) is 18.0 Å². The van der Waals surface area contributed by atoms with Crippen LogP contribution in [-0.2, 0) is 6.18 Å². The van der Waals surface area contributed by atoms with Gasteiger partial charge in [-0.1, -0.05) is 12.1 Å². The van der Waals surface area contributed by atoms with E-state index in [0.717, 1.165) is 55.5 Å². The van der Waals surface area contributed by atoms with Gasteiger partial charge in [-0.2, -0.15) is 13.2 Å². The molecule has 1 fully saturated rings. The molecule has 2 aromatic heterocycles. The van der Waals surface area contributed by atoms with Crippen molar-refractivity contribution in [2.24, 2.45) is 0 Å². The normalized spacial score (nSPS) is 15.1. The molecule has 1 saturated heterocycles. The summed E-state index contributed by atoms with van der Waals surface area (Å²) < 4.78 is 38.3. The minimum absolute atomic E-state index is 0.327. The van der Waals surface area contributed by atoms with Gasteiger partial charge in [0.15, 0.2) is 0 Å². The van der Waals surface area contributed by atoms with Gasteiger partial charge in [0.2, 0.25) is 0 Å². The van der Waals surface area contributed by atoms with Crippen molar-refractivity contribution in [1.29, 1.82) is 0 Å². The second-order valence-corrected chi connectivity index (χ2v) is 8.66. The van der Waals surface area contributed by atoms with Crippen LogP contribution in [0.25, 0.3) is 10.6 Å². The SMILES string of the molecule is Cc1nc(-c2ccc(C(F)(F)F)cc2)sc1C(=O)Nc1ccc(N2CCN(C)CC2)nc1. The number of rotatable bonds is 4. The van der Waals surface area contributed by atoms with Crippen molar-refractivity contribution < 1.29 is 18.0 Å². The van der Waals surface area contributed by atoms with Crippen molar-refractivity contribution in [1.82, 2.24) is 14.9 Å². The van der Waals surface area contributed by atoms with Gasteiger partial charge >= 0.3 is 6.18 Å². The number of alkyl halides is 3. The van der Waals surface area contributed by atoms with Crippen LogP contribution in [0.3, 0.4) is 0 Å². The molecule has 0 bridgehead atoms. The van der Waals surface area contributed by atoms with E-state index >= 15 is 0 Å². The van der Waals surface area contributed by atoms with E-state index in [1.807, 2.05) is 12.1 Å². The fourth-order valence-electron chi connectivity index (χ4n) is 3.40. The zero-order valence-electron chi connectivity index (χ0n) is 17.6. The van der Waals surface area contributed by atoms with Crippen LogP contribution in [0.4, 0.5) is 24.7 Å². The average Bonchev–Trinajstić information content (AvgIpc) is 3.16. The predicted octanol–water partition coefficient (Wildman–Crippen LogP) is 4.54. The number of aromatic nitrogens is 2. The van der Waals surface area contributed by atoms with Gasteiger partial charge in [-0.25, -0.2) is 9.97 Å². The van der Waals surface area contributed by atoms with Crippen LogP contribution in [0.5, 0.6) is 0 Å². The lowest BCUT2D eigenvalue weighted by molar-refractivity contribution is -0.137. The highest BCUT2D eigenvalue weighted by Crippen LogP contribution is 2.33. The maximum absolute atomic E-state index is 12.8. The highest BCUT2D eigenvalue weighted by molar-refractivity contribution is 7.17. The highest BCUT2D eigenvalue weighted by Gasteiger charge is 2.30. The van der Waals surface area contributed by atoms with E-state index in [1.165, 1.54) is 12.1 Å². The molecule has 32 heavy (non-hydrogen) atoms. The predicted molar refractivity (Wildman–Crippen MR) is 119 cm³/mol. The molecule has 0 atom stereocenters. The number of halogens is 3. The van der Waals surface area contributed by atoms with Crippen molar-refractivity contribution in [3.8, 4) is 10.6 Å². The molecule has 168 valence electrons. The summed E-state index contributed by atoms with van der Waals surface area (Å²) in [5.74, 6) is 0.543. The largest absolute Gasteiger partial charge is 0.416 e. The minimum Gasteiger partial charge on any atom is -0.354 e. The third kappa shape index (κ3) is 4.91. The molecule has 1 aromatic carbocycles. The molecule has 1 aliphatic heterocycles. The maximum atomic E-state index is 12.8. The number of nitrogens with one attached hydrogen (secondary N) is 1. The van der Waals surface area contributed by atoms with Gasteiger partial charge in [0.25, 0.3) is 5.91 Å². The number of nitrogens with zero attached hydrogens (tertiary/aromatic N) is 4. The Balaban J connectivity index is 1.44. The van der Waals surface area contributed by atoms with E-state index in [0.29, 0.717) is 26.8 Å². The fraction of sp³-hybridized carbons (Fsp3) is 0.318. The Hall–Kier alpha value is -2.98. The zero-order chi connectivity index (χ0) is 22.9. The van der Waals surface area contributed by atoms with Gasteiger partial charge in [-0.05, 0) is 38.2 Å². The Labute approximate surface area is 187 Å².